The van der Waals surface area contributed by atoms with E-state index in [1.165, 1.54) is 33.4 Å². The number of furan rings is 1. The minimum atomic E-state index is -0.479. The standard InChI is InChI=1S/C46H29N3O/c1-4-13-29(14-5-1)32-23-26-37-40(27-32)34-19-10-11-20-36(34)42(37)39-22-12-21-38-35-25-24-33(28-41(35)50-43(38)39)46-48-44(30-15-6-2-7-16-30)47-45(49-46)31-17-8-3-9-18-31/h1-28,42H/i2D,6D,7D,15D,16D. The van der Waals surface area contributed by atoms with Gasteiger partial charge in [0, 0.05) is 38.9 Å². The average Bonchev–Trinajstić information content (AvgIpc) is 3.78. The zero-order valence-electron chi connectivity index (χ0n) is 31.6. The fourth-order valence-electron chi connectivity index (χ4n) is 7.23. The summed E-state index contributed by atoms with van der Waals surface area (Å²) in [5.74, 6) is 0.553. The fourth-order valence-corrected chi connectivity index (χ4v) is 7.23. The Labute approximate surface area is 296 Å². The van der Waals surface area contributed by atoms with Gasteiger partial charge in [-0.25, -0.2) is 15.0 Å². The van der Waals surface area contributed by atoms with Crippen LogP contribution in [0.4, 0.5) is 0 Å². The number of hydrogen-bond donors (Lipinski definition) is 0. The van der Waals surface area contributed by atoms with Crippen LogP contribution in [0, 0.1) is 0 Å². The molecular weight excluding hydrogens is 611 g/mol. The summed E-state index contributed by atoms with van der Waals surface area (Å²) in [5, 5.41) is 1.93. The van der Waals surface area contributed by atoms with E-state index < -0.39 is 18.1 Å². The van der Waals surface area contributed by atoms with Crippen molar-refractivity contribution in [1.29, 1.82) is 0 Å². The van der Waals surface area contributed by atoms with Crippen molar-refractivity contribution >= 4 is 21.9 Å². The SMILES string of the molecule is [2H]c1c([2H])c([2H])c(-c2nc(-c3ccccc3)nc(-c3ccc4c(c3)oc3c(C5c6ccccc6-c6cc(-c7ccccc7)ccc65)cccc34)n2)c([2H])c1[2H]. The molecule has 0 amide bonds. The topological polar surface area (TPSA) is 51.8 Å². The zero-order chi connectivity index (χ0) is 37.4. The molecule has 0 spiro atoms. The Kier molecular flexibility index (Phi) is 5.44. The Hall–Kier alpha value is -6.65. The highest BCUT2D eigenvalue weighted by Crippen LogP contribution is 2.51. The first kappa shape index (κ1) is 23.6. The van der Waals surface area contributed by atoms with Crippen LogP contribution in [0.25, 0.3) is 78.4 Å². The van der Waals surface area contributed by atoms with Gasteiger partial charge < -0.3 is 4.42 Å². The largest absolute Gasteiger partial charge is 0.456 e. The van der Waals surface area contributed by atoms with Crippen molar-refractivity contribution in [3.63, 3.8) is 0 Å². The first-order valence-electron chi connectivity index (χ1n) is 19.0. The van der Waals surface area contributed by atoms with Crippen LogP contribution in [0.5, 0.6) is 0 Å². The average molecular weight is 645 g/mol. The number of hydrogen-bond acceptors (Lipinski definition) is 4. The summed E-state index contributed by atoms with van der Waals surface area (Å²) in [6, 6.07) is 45.1. The molecule has 0 radical (unpaired) electrons. The Balaban J connectivity index is 1.13. The lowest BCUT2D eigenvalue weighted by atomic mass is 9.87. The highest BCUT2D eigenvalue weighted by Gasteiger charge is 2.32. The van der Waals surface area contributed by atoms with Gasteiger partial charge in [0.05, 0.1) is 6.85 Å². The summed E-state index contributed by atoms with van der Waals surface area (Å²) in [6.07, 6.45) is 0. The van der Waals surface area contributed by atoms with E-state index in [1.807, 2.05) is 54.6 Å². The van der Waals surface area contributed by atoms with Crippen LogP contribution in [-0.2, 0) is 0 Å². The van der Waals surface area contributed by atoms with Gasteiger partial charge in [0.1, 0.15) is 11.2 Å². The number of para-hydroxylation sites is 1. The number of fused-ring (bicyclic) bond motifs is 6. The molecule has 1 aliphatic carbocycles. The van der Waals surface area contributed by atoms with Crippen molar-refractivity contribution in [2.45, 2.75) is 5.92 Å². The van der Waals surface area contributed by atoms with E-state index in [2.05, 4.69) is 89.9 Å². The summed E-state index contributed by atoms with van der Waals surface area (Å²) >= 11 is 0. The molecule has 9 aromatic rings. The maximum absolute atomic E-state index is 8.64. The van der Waals surface area contributed by atoms with Crippen molar-refractivity contribution in [1.82, 2.24) is 15.0 Å². The molecule has 0 saturated heterocycles. The van der Waals surface area contributed by atoms with Crippen molar-refractivity contribution in [2.24, 2.45) is 0 Å². The highest BCUT2D eigenvalue weighted by molar-refractivity contribution is 6.07. The molecule has 4 heteroatoms. The lowest BCUT2D eigenvalue weighted by molar-refractivity contribution is 0.661. The molecule has 0 bridgehead atoms. The van der Waals surface area contributed by atoms with Crippen molar-refractivity contribution in [3.05, 3.63) is 186 Å². The molecule has 0 N–H and O–H groups in total. The summed E-state index contributed by atoms with van der Waals surface area (Å²) in [5.41, 5.74) is 11.0. The van der Waals surface area contributed by atoms with Crippen molar-refractivity contribution in [3.8, 4) is 56.4 Å². The molecular formula is C46H29N3O. The van der Waals surface area contributed by atoms with Crippen LogP contribution in [0.3, 0.4) is 0 Å². The normalized spacial score (nSPS) is 14.8. The van der Waals surface area contributed by atoms with Crippen molar-refractivity contribution in [2.75, 3.05) is 0 Å². The first-order chi connectivity index (χ1) is 26.9. The Bertz CT molecular complexity index is 2970. The third kappa shape index (κ3) is 4.65. The molecule has 7 aromatic carbocycles. The van der Waals surface area contributed by atoms with Crippen LogP contribution in [0.1, 0.15) is 29.5 Å². The summed E-state index contributed by atoms with van der Waals surface area (Å²) in [4.78, 5) is 14.2. The molecule has 234 valence electrons. The first-order valence-corrected chi connectivity index (χ1v) is 16.5. The van der Waals surface area contributed by atoms with Gasteiger partial charge in [-0.05, 0) is 51.6 Å². The van der Waals surface area contributed by atoms with Crippen LogP contribution in [0.15, 0.2) is 174 Å². The molecule has 1 aliphatic rings. The monoisotopic (exact) mass is 644 g/mol. The second kappa shape index (κ2) is 11.5. The second-order valence-corrected chi connectivity index (χ2v) is 12.4. The van der Waals surface area contributed by atoms with E-state index in [-0.39, 0.29) is 35.2 Å². The molecule has 1 unspecified atom stereocenters. The van der Waals surface area contributed by atoms with E-state index in [0.29, 0.717) is 22.5 Å². The molecule has 4 nitrogen and oxygen atoms in total. The fraction of sp³-hybridized carbons (Fsp3) is 0.0217. The molecule has 0 saturated carbocycles. The molecule has 2 aromatic heterocycles. The van der Waals surface area contributed by atoms with Crippen LogP contribution < -0.4 is 0 Å². The highest BCUT2D eigenvalue weighted by atomic mass is 16.3. The van der Waals surface area contributed by atoms with Gasteiger partial charge in [-0.3, -0.25) is 0 Å². The summed E-state index contributed by atoms with van der Waals surface area (Å²) < 4.78 is 48.7. The Morgan fingerprint density at radius 3 is 1.88 bits per heavy atom. The van der Waals surface area contributed by atoms with E-state index in [1.54, 1.807) is 0 Å². The lowest BCUT2D eigenvalue weighted by Gasteiger charge is -2.15. The number of rotatable bonds is 5. The summed E-state index contributed by atoms with van der Waals surface area (Å²) in [6.45, 7) is 0. The molecule has 0 fully saturated rings. The molecule has 10 rings (SSSR count). The van der Waals surface area contributed by atoms with Gasteiger partial charge in [0.2, 0.25) is 0 Å². The molecule has 50 heavy (non-hydrogen) atoms. The van der Waals surface area contributed by atoms with Gasteiger partial charge >= 0.3 is 0 Å². The summed E-state index contributed by atoms with van der Waals surface area (Å²) in [7, 11) is 0. The molecule has 2 heterocycles. The van der Waals surface area contributed by atoms with Gasteiger partial charge in [0.15, 0.2) is 17.5 Å². The van der Waals surface area contributed by atoms with Gasteiger partial charge in [-0.15, -0.1) is 0 Å². The van der Waals surface area contributed by atoms with E-state index in [4.69, 9.17) is 21.2 Å². The van der Waals surface area contributed by atoms with Gasteiger partial charge in [-0.1, -0.05) is 152 Å². The van der Waals surface area contributed by atoms with E-state index in [9.17, 15) is 0 Å². The van der Waals surface area contributed by atoms with E-state index >= 15 is 0 Å². The number of nitrogens with zero attached hydrogens (tertiary/aromatic N) is 3. The Morgan fingerprint density at radius 2 is 1.08 bits per heavy atom. The van der Waals surface area contributed by atoms with Gasteiger partial charge in [-0.2, -0.15) is 0 Å². The third-order valence-corrected chi connectivity index (χ3v) is 9.52. The van der Waals surface area contributed by atoms with Gasteiger partial charge in [0.25, 0.3) is 0 Å². The minimum Gasteiger partial charge on any atom is -0.456 e. The van der Waals surface area contributed by atoms with Crippen molar-refractivity contribution < 1.29 is 11.3 Å². The molecule has 0 aliphatic heterocycles. The second-order valence-electron chi connectivity index (χ2n) is 12.4. The maximum Gasteiger partial charge on any atom is 0.164 e. The Morgan fingerprint density at radius 1 is 0.440 bits per heavy atom. The molecule has 1 atom stereocenters. The minimum absolute atomic E-state index is 0.0122. The maximum atomic E-state index is 8.64. The zero-order valence-corrected chi connectivity index (χ0v) is 26.6. The number of benzene rings is 7. The third-order valence-electron chi connectivity index (χ3n) is 9.52. The quantitative estimate of drug-likeness (QED) is 0.187. The van der Waals surface area contributed by atoms with E-state index in [0.717, 1.165) is 21.9 Å². The smallest absolute Gasteiger partial charge is 0.164 e. The van der Waals surface area contributed by atoms with Crippen LogP contribution in [0.2, 0.25) is 0 Å². The lowest BCUT2D eigenvalue weighted by Crippen LogP contribution is -2.00. The van der Waals surface area contributed by atoms with Crippen LogP contribution in [-0.4, -0.2) is 15.0 Å². The van der Waals surface area contributed by atoms with Crippen LogP contribution >= 0.6 is 0 Å². The number of aromatic nitrogens is 3. The predicted octanol–water partition coefficient (Wildman–Crippen LogP) is 11.6. The predicted molar refractivity (Wildman–Crippen MR) is 202 cm³/mol.